The maximum atomic E-state index is 13.1. The lowest BCUT2D eigenvalue weighted by atomic mass is 10.0. The van der Waals surface area contributed by atoms with Crippen LogP contribution in [-0.2, 0) is 65.4 Å². The van der Waals surface area contributed by atoms with E-state index in [0.29, 0.717) is 25.7 Å². The summed E-state index contributed by atoms with van der Waals surface area (Å²) in [4.78, 5) is 72.9. The Bertz CT molecular complexity index is 2100. The summed E-state index contributed by atoms with van der Waals surface area (Å²) >= 11 is 0. The molecule has 0 aromatic heterocycles. The van der Waals surface area contributed by atoms with Gasteiger partial charge >= 0.3 is 39.5 Å². The molecule has 19 heteroatoms. The smallest absolute Gasteiger partial charge is 0.462 e. The first kappa shape index (κ1) is 94.8. The number of hydrogen-bond donors (Lipinski definition) is 3. The minimum Gasteiger partial charge on any atom is -0.462 e. The second kappa shape index (κ2) is 72.1. The molecule has 0 bridgehead atoms. The van der Waals surface area contributed by atoms with Gasteiger partial charge < -0.3 is 33.8 Å². The molecule has 5 unspecified atom stereocenters. The molecule has 0 rings (SSSR count). The summed E-state index contributed by atoms with van der Waals surface area (Å²) in [5.41, 5.74) is 0. The van der Waals surface area contributed by atoms with E-state index >= 15 is 0 Å². The molecule has 0 aliphatic heterocycles. The van der Waals surface area contributed by atoms with Crippen LogP contribution in [-0.4, -0.2) is 96.7 Å². The SMILES string of the molecule is CC/C=C\C/C=C\C/C=C\C/C=C\CCCCC(=O)OCC(COP(=O)(O)OCC(O)COP(=O)(O)OCC(COC(=O)CCCCCCCCCCCCCCCCC)OC(=O)CCCCCCC/C=C\CCCCCC)OC(=O)CCCCCCCCCCCCCCCCC. The quantitative estimate of drug-likeness (QED) is 0.0169. The summed E-state index contributed by atoms with van der Waals surface area (Å²) in [5, 5.41) is 10.6. The van der Waals surface area contributed by atoms with Crippen molar-refractivity contribution in [2.24, 2.45) is 0 Å². The zero-order valence-electron chi connectivity index (χ0n) is 62.5. The van der Waals surface area contributed by atoms with Gasteiger partial charge in [0.15, 0.2) is 12.2 Å². The molecule has 0 fully saturated rings. The molecule has 0 aromatic carbocycles. The number of phosphoric acid groups is 2. The average Bonchev–Trinajstić information content (AvgIpc) is 1.04. The Morgan fingerprint density at radius 2 is 0.531 bits per heavy atom. The number of phosphoric ester groups is 2. The van der Waals surface area contributed by atoms with Gasteiger partial charge in [0.25, 0.3) is 0 Å². The summed E-state index contributed by atoms with van der Waals surface area (Å²) in [6, 6.07) is 0. The van der Waals surface area contributed by atoms with Crippen LogP contribution in [0.25, 0.3) is 0 Å². The number of unbranched alkanes of at least 4 members (excludes halogenated alkanes) is 39. The molecule has 5 atom stereocenters. The van der Waals surface area contributed by atoms with Gasteiger partial charge in [0, 0.05) is 25.7 Å². The van der Waals surface area contributed by atoms with Gasteiger partial charge in [0.1, 0.15) is 19.3 Å². The molecule has 572 valence electrons. The molecule has 0 aromatic rings. The largest absolute Gasteiger partial charge is 0.472 e. The standard InChI is InChI=1S/C79H144O17P2/c1-5-9-13-17-21-25-29-33-36-40-43-47-51-55-59-63-76(81)89-69-74(95-78(83)65-61-57-53-49-45-39-32-28-24-20-16-12-8-4)71-93-97(85,86)91-67-73(80)68-92-98(87,88)94-72-75(96-79(84)66-62-58-54-50-46-42-38-35-31-27-23-19-15-11-7-3)70-90-77(82)64-60-56-52-48-44-41-37-34-30-26-22-18-14-10-6-2/h10,14,22,26,28,32,34,37,44,48,73-75,80H,5-9,11-13,15-21,23-25,27,29-31,33,35-36,38-43,45-47,49-72H2,1-4H3,(H,85,86)(H,87,88)/b14-10-,26-22-,32-28-,37-34-,48-44-. The molecule has 0 aliphatic rings. The summed E-state index contributed by atoms with van der Waals surface area (Å²) in [6.45, 7) is 4.76. The number of aliphatic hydroxyl groups is 1. The first-order chi connectivity index (χ1) is 47.7. The predicted octanol–water partition coefficient (Wildman–Crippen LogP) is 22.7. The minimum atomic E-state index is -4.98. The van der Waals surface area contributed by atoms with Crippen molar-refractivity contribution in [3.63, 3.8) is 0 Å². The highest BCUT2D eigenvalue weighted by molar-refractivity contribution is 7.47. The zero-order valence-corrected chi connectivity index (χ0v) is 64.3. The lowest BCUT2D eigenvalue weighted by Gasteiger charge is -2.21. The van der Waals surface area contributed by atoms with Crippen LogP contribution in [0, 0.1) is 0 Å². The van der Waals surface area contributed by atoms with Crippen LogP contribution in [0.3, 0.4) is 0 Å². The van der Waals surface area contributed by atoms with E-state index in [1.807, 2.05) is 0 Å². The highest BCUT2D eigenvalue weighted by atomic mass is 31.2. The van der Waals surface area contributed by atoms with Gasteiger partial charge in [-0.25, -0.2) is 9.13 Å². The maximum Gasteiger partial charge on any atom is 0.472 e. The van der Waals surface area contributed by atoms with Gasteiger partial charge in [-0.1, -0.05) is 307 Å². The van der Waals surface area contributed by atoms with Crippen LogP contribution < -0.4 is 0 Å². The van der Waals surface area contributed by atoms with E-state index in [4.69, 9.17) is 37.0 Å². The maximum absolute atomic E-state index is 13.1. The van der Waals surface area contributed by atoms with Crippen LogP contribution in [0.2, 0.25) is 0 Å². The molecular formula is C79H144O17P2. The van der Waals surface area contributed by atoms with Gasteiger partial charge in [-0.05, 0) is 89.9 Å². The Labute approximate surface area is 597 Å². The van der Waals surface area contributed by atoms with E-state index in [-0.39, 0.29) is 25.7 Å². The number of rotatable bonds is 75. The second-order valence-corrected chi connectivity index (χ2v) is 29.5. The number of aliphatic hydroxyl groups excluding tert-OH is 1. The van der Waals surface area contributed by atoms with Crippen molar-refractivity contribution in [1.29, 1.82) is 0 Å². The Balaban J connectivity index is 5.34. The van der Waals surface area contributed by atoms with Gasteiger partial charge in [-0.2, -0.15) is 0 Å². The Kier molecular flexibility index (Phi) is 69.7. The number of esters is 4. The number of hydrogen-bond acceptors (Lipinski definition) is 15. The van der Waals surface area contributed by atoms with Crippen LogP contribution in [0.1, 0.15) is 362 Å². The van der Waals surface area contributed by atoms with Crippen LogP contribution in [0.5, 0.6) is 0 Å². The van der Waals surface area contributed by atoms with Crippen molar-refractivity contribution in [3.8, 4) is 0 Å². The van der Waals surface area contributed by atoms with E-state index in [2.05, 4.69) is 88.5 Å². The summed E-state index contributed by atoms with van der Waals surface area (Å²) in [6.07, 6.45) is 70.6. The molecular weight excluding hydrogens is 1280 g/mol. The van der Waals surface area contributed by atoms with Crippen LogP contribution in [0.4, 0.5) is 0 Å². The van der Waals surface area contributed by atoms with Crippen molar-refractivity contribution in [1.82, 2.24) is 0 Å². The van der Waals surface area contributed by atoms with Gasteiger partial charge in [-0.3, -0.25) is 37.3 Å². The molecule has 0 heterocycles. The highest BCUT2D eigenvalue weighted by Crippen LogP contribution is 2.45. The fourth-order valence-electron chi connectivity index (χ4n) is 11.0. The molecule has 0 spiro atoms. The highest BCUT2D eigenvalue weighted by Gasteiger charge is 2.30. The summed E-state index contributed by atoms with van der Waals surface area (Å²) < 4.78 is 68.5. The van der Waals surface area contributed by atoms with Crippen molar-refractivity contribution < 1.29 is 80.2 Å². The molecule has 0 radical (unpaired) electrons. The molecule has 0 amide bonds. The van der Waals surface area contributed by atoms with E-state index in [1.54, 1.807) is 0 Å². The fourth-order valence-corrected chi connectivity index (χ4v) is 12.6. The first-order valence-electron chi connectivity index (χ1n) is 39.5. The van der Waals surface area contributed by atoms with Crippen LogP contribution >= 0.6 is 15.6 Å². The van der Waals surface area contributed by atoms with E-state index in [0.717, 1.165) is 122 Å². The molecule has 0 saturated heterocycles. The van der Waals surface area contributed by atoms with E-state index in [1.165, 1.54) is 161 Å². The first-order valence-corrected chi connectivity index (χ1v) is 42.5. The second-order valence-electron chi connectivity index (χ2n) is 26.6. The van der Waals surface area contributed by atoms with E-state index < -0.39 is 97.5 Å². The lowest BCUT2D eigenvalue weighted by molar-refractivity contribution is -0.161. The lowest BCUT2D eigenvalue weighted by Crippen LogP contribution is -2.30. The van der Waals surface area contributed by atoms with Gasteiger partial charge in [0.2, 0.25) is 0 Å². The summed E-state index contributed by atoms with van der Waals surface area (Å²) in [5.74, 6) is -2.20. The fraction of sp³-hybridized carbons (Fsp3) is 0.823. The zero-order chi connectivity index (χ0) is 71.8. The van der Waals surface area contributed by atoms with Crippen molar-refractivity contribution >= 4 is 39.5 Å². The predicted molar refractivity (Wildman–Crippen MR) is 400 cm³/mol. The third-order valence-electron chi connectivity index (χ3n) is 17.0. The normalized spacial score (nSPS) is 14.2. The third-order valence-corrected chi connectivity index (χ3v) is 18.9. The van der Waals surface area contributed by atoms with Crippen molar-refractivity contribution in [2.45, 2.75) is 380 Å². The molecule has 3 N–H and O–H groups in total. The third kappa shape index (κ3) is 71.2. The number of carbonyl (C=O) groups is 4. The number of carbonyl (C=O) groups excluding carboxylic acids is 4. The monoisotopic (exact) mass is 1430 g/mol. The molecule has 98 heavy (non-hydrogen) atoms. The van der Waals surface area contributed by atoms with Crippen LogP contribution in [0.15, 0.2) is 60.8 Å². The Morgan fingerprint density at radius 1 is 0.296 bits per heavy atom. The van der Waals surface area contributed by atoms with Crippen molar-refractivity contribution in [3.05, 3.63) is 60.8 Å². The average molecular weight is 1430 g/mol. The minimum absolute atomic E-state index is 0.0899. The Morgan fingerprint density at radius 3 is 0.857 bits per heavy atom. The molecule has 0 aliphatic carbocycles. The van der Waals surface area contributed by atoms with Crippen molar-refractivity contribution in [2.75, 3.05) is 39.6 Å². The number of allylic oxidation sites excluding steroid dienone is 10. The van der Waals surface area contributed by atoms with Gasteiger partial charge in [-0.15, -0.1) is 0 Å². The Hall–Kier alpha value is -3.24. The summed E-state index contributed by atoms with van der Waals surface area (Å²) in [7, 11) is -9.95. The van der Waals surface area contributed by atoms with Gasteiger partial charge in [0.05, 0.1) is 26.4 Å². The van der Waals surface area contributed by atoms with E-state index in [9.17, 15) is 43.2 Å². The topological polar surface area (TPSA) is 237 Å². The number of ether oxygens (including phenoxy) is 4. The molecule has 0 saturated carbocycles. The molecule has 17 nitrogen and oxygen atoms in total.